The van der Waals surface area contributed by atoms with Crippen molar-refractivity contribution >= 4 is 52.4 Å². The van der Waals surface area contributed by atoms with E-state index in [0.717, 1.165) is 11.0 Å². The fraction of sp³-hybridized carbons (Fsp3) is 0.333. The first kappa shape index (κ1) is 20.2. The van der Waals surface area contributed by atoms with Crippen molar-refractivity contribution in [1.29, 1.82) is 0 Å². The van der Waals surface area contributed by atoms with Gasteiger partial charge < -0.3 is 5.73 Å². The van der Waals surface area contributed by atoms with Crippen molar-refractivity contribution in [3.8, 4) is 0 Å². The van der Waals surface area contributed by atoms with Crippen LogP contribution in [-0.4, -0.2) is 35.3 Å². The quantitative estimate of drug-likeness (QED) is 0.754. The number of piperazine rings is 1. The SMILES string of the molecule is NC(=O)C12CC(C3C(=O)N(c4ncc(Cl)cc4F)CC(=O)N3c3ccc(Cl)cc3)(C1)C2. The zero-order valence-electron chi connectivity index (χ0n) is 16.1. The normalized spacial score (nSPS) is 29.5. The number of anilines is 2. The van der Waals surface area contributed by atoms with Gasteiger partial charge in [0.25, 0.3) is 5.91 Å². The number of primary amides is 1. The number of halogens is 3. The van der Waals surface area contributed by atoms with Gasteiger partial charge in [-0.15, -0.1) is 0 Å². The molecule has 10 heteroatoms. The van der Waals surface area contributed by atoms with Gasteiger partial charge in [0.05, 0.1) is 10.4 Å². The zero-order valence-corrected chi connectivity index (χ0v) is 17.7. The molecule has 31 heavy (non-hydrogen) atoms. The summed E-state index contributed by atoms with van der Waals surface area (Å²) in [6.45, 7) is -0.374. The Morgan fingerprint density at radius 3 is 2.35 bits per heavy atom. The number of benzene rings is 1. The van der Waals surface area contributed by atoms with Crippen molar-refractivity contribution in [2.75, 3.05) is 16.3 Å². The number of pyridine rings is 1. The van der Waals surface area contributed by atoms with Gasteiger partial charge in [0.15, 0.2) is 11.6 Å². The fourth-order valence-electron chi connectivity index (χ4n) is 5.32. The monoisotopic (exact) mass is 462 g/mol. The maximum absolute atomic E-state index is 14.6. The lowest BCUT2D eigenvalue weighted by Crippen LogP contribution is -2.78. The van der Waals surface area contributed by atoms with Crippen LogP contribution in [0, 0.1) is 16.6 Å². The molecule has 4 aliphatic rings. The van der Waals surface area contributed by atoms with Gasteiger partial charge in [0.1, 0.15) is 12.6 Å². The molecule has 4 fully saturated rings. The largest absolute Gasteiger partial charge is 0.369 e. The van der Waals surface area contributed by atoms with E-state index in [-0.39, 0.29) is 23.3 Å². The Morgan fingerprint density at radius 1 is 1.13 bits per heavy atom. The second kappa shape index (κ2) is 6.64. The second-order valence-electron chi connectivity index (χ2n) is 8.56. The van der Waals surface area contributed by atoms with Crippen molar-refractivity contribution in [1.82, 2.24) is 4.98 Å². The Hall–Kier alpha value is -2.71. The molecule has 1 aromatic heterocycles. The van der Waals surface area contributed by atoms with Crippen LogP contribution in [0.15, 0.2) is 36.5 Å². The first-order chi connectivity index (χ1) is 14.7. The molecular weight excluding hydrogens is 446 g/mol. The fourth-order valence-corrected chi connectivity index (χ4v) is 5.60. The molecule has 1 aromatic carbocycles. The van der Waals surface area contributed by atoms with E-state index in [1.54, 1.807) is 24.3 Å². The Labute approximate surface area is 186 Å². The number of nitrogens with two attached hydrogens (primary N) is 1. The number of aromatic nitrogens is 1. The topological polar surface area (TPSA) is 96.6 Å². The molecule has 2 bridgehead atoms. The highest BCUT2D eigenvalue weighted by Gasteiger charge is 2.76. The van der Waals surface area contributed by atoms with Crippen LogP contribution >= 0.6 is 23.2 Å². The van der Waals surface area contributed by atoms with E-state index in [1.807, 2.05) is 0 Å². The summed E-state index contributed by atoms with van der Waals surface area (Å²) in [6.07, 6.45) is 2.45. The zero-order chi connectivity index (χ0) is 22.1. The van der Waals surface area contributed by atoms with Crippen molar-refractivity contribution in [3.05, 3.63) is 52.4 Å². The Balaban J connectivity index is 1.56. The molecule has 1 atom stereocenters. The van der Waals surface area contributed by atoms with Crippen molar-refractivity contribution in [2.24, 2.45) is 16.6 Å². The van der Waals surface area contributed by atoms with E-state index in [1.165, 1.54) is 11.1 Å². The second-order valence-corrected chi connectivity index (χ2v) is 9.44. The van der Waals surface area contributed by atoms with Gasteiger partial charge in [-0.1, -0.05) is 23.2 Å². The number of amides is 3. The van der Waals surface area contributed by atoms with E-state index < -0.39 is 34.5 Å². The molecule has 160 valence electrons. The average molecular weight is 463 g/mol. The minimum Gasteiger partial charge on any atom is -0.369 e. The van der Waals surface area contributed by atoms with E-state index in [4.69, 9.17) is 28.9 Å². The average Bonchev–Trinajstić information content (AvgIpc) is 2.63. The lowest BCUT2D eigenvalue weighted by molar-refractivity contribution is -0.214. The summed E-state index contributed by atoms with van der Waals surface area (Å²) < 4.78 is 14.6. The third-order valence-corrected chi connectivity index (χ3v) is 7.10. The number of hydrogen-bond donors (Lipinski definition) is 1. The first-order valence-corrected chi connectivity index (χ1v) is 10.4. The molecule has 1 unspecified atom stereocenters. The molecule has 7 nitrogen and oxygen atoms in total. The number of carbonyl (C=O) groups excluding carboxylic acids is 3. The smallest absolute Gasteiger partial charge is 0.252 e. The molecule has 2 aromatic rings. The minimum atomic E-state index is -0.909. The number of rotatable bonds is 4. The molecule has 6 rings (SSSR count). The molecule has 1 aliphatic heterocycles. The number of nitrogens with zero attached hydrogens (tertiary/aromatic N) is 3. The van der Waals surface area contributed by atoms with Gasteiger partial charge in [-0.25, -0.2) is 9.37 Å². The highest BCUT2D eigenvalue weighted by molar-refractivity contribution is 6.31. The number of hydrogen-bond acceptors (Lipinski definition) is 4. The van der Waals surface area contributed by atoms with Gasteiger partial charge in [0.2, 0.25) is 11.8 Å². The van der Waals surface area contributed by atoms with Crippen LogP contribution in [0.1, 0.15) is 19.3 Å². The van der Waals surface area contributed by atoms with Crippen LogP contribution in [0.4, 0.5) is 15.9 Å². The Kier molecular flexibility index (Phi) is 4.33. The van der Waals surface area contributed by atoms with Crippen LogP contribution in [0.3, 0.4) is 0 Å². The molecule has 3 aliphatic carbocycles. The van der Waals surface area contributed by atoms with Crippen LogP contribution in [0.25, 0.3) is 0 Å². The maximum atomic E-state index is 14.6. The molecular formula is C21H17Cl2FN4O3. The van der Waals surface area contributed by atoms with Crippen LogP contribution < -0.4 is 15.5 Å². The predicted molar refractivity (Wildman–Crippen MR) is 112 cm³/mol. The summed E-state index contributed by atoms with van der Waals surface area (Å²) in [6, 6.07) is 6.72. The molecule has 2 N–H and O–H groups in total. The van der Waals surface area contributed by atoms with Gasteiger partial charge in [-0.3, -0.25) is 24.2 Å². The Morgan fingerprint density at radius 2 is 1.77 bits per heavy atom. The van der Waals surface area contributed by atoms with E-state index in [0.29, 0.717) is 30.0 Å². The molecule has 0 spiro atoms. The summed E-state index contributed by atoms with van der Waals surface area (Å²) >= 11 is 11.8. The third kappa shape index (κ3) is 2.85. The molecule has 3 saturated carbocycles. The summed E-state index contributed by atoms with van der Waals surface area (Å²) in [5.74, 6) is -2.29. The van der Waals surface area contributed by atoms with Crippen LogP contribution in [0.5, 0.6) is 0 Å². The summed E-state index contributed by atoms with van der Waals surface area (Å²) in [5, 5.41) is 0.572. The first-order valence-electron chi connectivity index (χ1n) is 9.66. The van der Waals surface area contributed by atoms with Crippen LogP contribution in [-0.2, 0) is 14.4 Å². The molecule has 1 saturated heterocycles. The van der Waals surface area contributed by atoms with Gasteiger partial charge in [0, 0.05) is 22.3 Å². The van der Waals surface area contributed by atoms with Crippen molar-refractivity contribution < 1.29 is 18.8 Å². The minimum absolute atomic E-state index is 0.0826. The van der Waals surface area contributed by atoms with Gasteiger partial charge in [-0.05, 0) is 49.6 Å². The Bertz CT molecular complexity index is 1120. The molecule has 2 heterocycles. The standard InChI is InChI=1S/C21H17Cl2FN4O3/c22-11-1-3-13(4-2-11)28-15(29)7-27(17-14(24)5-12(23)6-26-17)18(30)16(28)20-8-21(9-20,10-20)19(25)31/h1-6,16H,7-10H2,(H2,25,31). The summed E-state index contributed by atoms with van der Waals surface area (Å²) in [5.41, 5.74) is 4.82. The van der Waals surface area contributed by atoms with Crippen LogP contribution in [0.2, 0.25) is 10.0 Å². The van der Waals surface area contributed by atoms with E-state index in [2.05, 4.69) is 4.98 Å². The van der Waals surface area contributed by atoms with Crippen molar-refractivity contribution in [2.45, 2.75) is 25.3 Å². The van der Waals surface area contributed by atoms with E-state index in [9.17, 15) is 18.8 Å². The molecule has 3 amide bonds. The summed E-state index contributed by atoms with van der Waals surface area (Å²) in [4.78, 5) is 45.2. The summed E-state index contributed by atoms with van der Waals surface area (Å²) in [7, 11) is 0. The lowest BCUT2D eigenvalue weighted by Gasteiger charge is -2.72. The van der Waals surface area contributed by atoms with E-state index >= 15 is 0 Å². The highest BCUT2D eigenvalue weighted by atomic mass is 35.5. The predicted octanol–water partition coefficient (Wildman–Crippen LogP) is 2.93. The highest BCUT2D eigenvalue weighted by Crippen LogP contribution is 2.75. The third-order valence-electron chi connectivity index (χ3n) is 6.64. The van der Waals surface area contributed by atoms with Gasteiger partial charge >= 0.3 is 0 Å². The number of carbonyl (C=O) groups is 3. The molecule has 0 radical (unpaired) electrons. The van der Waals surface area contributed by atoms with Gasteiger partial charge in [-0.2, -0.15) is 0 Å². The van der Waals surface area contributed by atoms with Crippen molar-refractivity contribution in [3.63, 3.8) is 0 Å². The lowest BCUT2D eigenvalue weighted by atomic mass is 9.32. The maximum Gasteiger partial charge on any atom is 0.252 e.